The average Bonchev–Trinajstić information content (AvgIpc) is 2.42. The SMILES string of the molecule is CCNCCNCc1ccc(OCC)c(OCC)c1. The normalized spacial score (nSPS) is 10.5. The van der Waals surface area contributed by atoms with Crippen molar-refractivity contribution in [2.45, 2.75) is 27.3 Å². The Balaban J connectivity index is 2.51. The summed E-state index contributed by atoms with van der Waals surface area (Å²) < 4.78 is 11.2. The summed E-state index contributed by atoms with van der Waals surface area (Å²) in [6, 6.07) is 6.11. The monoisotopic (exact) mass is 266 g/mol. The van der Waals surface area contributed by atoms with E-state index in [4.69, 9.17) is 9.47 Å². The first-order valence-corrected chi connectivity index (χ1v) is 7.11. The largest absolute Gasteiger partial charge is 0.490 e. The van der Waals surface area contributed by atoms with Crippen LogP contribution in [-0.2, 0) is 6.54 Å². The van der Waals surface area contributed by atoms with Gasteiger partial charge in [0.05, 0.1) is 13.2 Å². The second-order valence-electron chi connectivity index (χ2n) is 4.18. The van der Waals surface area contributed by atoms with Crippen LogP contribution < -0.4 is 20.1 Å². The van der Waals surface area contributed by atoms with Crippen LogP contribution in [0.25, 0.3) is 0 Å². The molecule has 1 rings (SSSR count). The summed E-state index contributed by atoms with van der Waals surface area (Å²) in [5.41, 5.74) is 1.21. The highest BCUT2D eigenvalue weighted by Gasteiger charge is 2.05. The molecular formula is C15H26N2O2. The fraction of sp³-hybridized carbons (Fsp3) is 0.600. The lowest BCUT2D eigenvalue weighted by Crippen LogP contribution is -2.26. The molecule has 0 radical (unpaired) electrons. The summed E-state index contributed by atoms with van der Waals surface area (Å²) in [6.07, 6.45) is 0. The van der Waals surface area contributed by atoms with E-state index in [0.29, 0.717) is 13.2 Å². The lowest BCUT2D eigenvalue weighted by atomic mass is 10.2. The van der Waals surface area contributed by atoms with Gasteiger partial charge in [-0.1, -0.05) is 13.0 Å². The van der Waals surface area contributed by atoms with E-state index < -0.39 is 0 Å². The van der Waals surface area contributed by atoms with Crippen molar-refractivity contribution in [3.8, 4) is 11.5 Å². The van der Waals surface area contributed by atoms with Gasteiger partial charge in [-0.15, -0.1) is 0 Å². The summed E-state index contributed by atoms with van der Waals surface area (Å²) in [6.45, 7) is 11.2. The van der Waals surface area contributed by atoms with Crippen molar-refractivity contribution in [2.75, 3.05) is 32.8 Å². The number of hydrogen-bond acceptors (Lipinski definition) is 4. The molecule has 0 amide bonds. The van der Waals surface area contributed by atoms with Crippen LogP contribution in [0.4, 0.5) is 0 Å². The first kappa shape index (κ1) is 15.8. The zero-order chi connectivity index (χ0) is 13.9. The Labute approximate surface area is 116 Å². The highest BCUT2D eigenvalue weighted by Crippen LogP contribution is 2.28. The van der Waals surface area contributed by atoms with Crippen LogP contribution in [-0.4, -0.2) is 32.8 Å². The van der Waals surface area contributed by atoms with Gasteiger partial charge in [0, 0.05) is 19.6 Å². The topological polar surface area (TPSA) is 42.5 Å². The summed E-state index contributed by atoms with van der Waals surface area (Å²) in [5, 5.41) is 6.68. The molecule has 4 heteroatoms. The Morgan fingerprint density at radius 2 is 1.58 bits per heavy atom. The summed E-state index contributed by atoms with van der Waals surface area (Å²) >= 11 is 0. The van der Waals surface area contributed by atoms with E-state index in [-0.39, 0.29) is 0 Å². The minimum atomic E-state index is 0.650. The van der Waals surface area contributed by atoms with Gasteiger partial charge in [0.15, 0.2) is 11.5 Å². The molecule has 0 unspecified atom stereocenters. The molecule has 2 N–H and O–H groups in total. The van der Waals surface area contributed by atoms with Crippen molar-refractivity contribution in [3.63, 3.8) is 0 Å². The van der Waals surface area contributed by atoms with Gasteiger partial charge in [-0.05, 0) is 38.1 Å². The van der Waals surface area contributed by atoms with Crippen molar-refractivity contribution in [1.82, 2.24) is 10.6 Å². The quantitative estimate of drug-likeness (QED) is 0.637. The Kier molecular flexibility index (Phi) is 8.02. The van der Waals surface area contributed by atoms with E-state index in [2.05, 4.69) is 29.7 Å². The van der Waals surface area contributed by atoms with Gasteiger partial charge in [-0.2, -0.15) is 0 Å². The van der Waals surface area contributed by atoms with Crippen molar-refractivity contribution in [3.05, 3.63) is 23.8 Å². The van der Waals surface area contributed by atoms with Gasteiger partial charge in [0.25, 0.3) is 0 Å². The van der Waals surface area contributed by atoms with Crippen LogP contribution in [0.5, 0.6) is 11.5 Å². The number of hydrogen-bond donors (Lipinski definition) is 2. The van der Waals surface area contributed by atoms with Crippen molar-refractivity contribution in [1.29, 1.82) is 0 Å². The maximum absolute atomic E-state index is 5.61. The number of nitrogens with one attached hydrogen (secondary N) is 2. The minimum Gasteiger partial charge on any atom is -0.490 e. The van der Waals surface area contributed by atoms with Crippen LogP contribution in [0.1, 0.15) is 26.3 Å². The first-order chi connectivity index (χ1) is 9.31. The van der Waals surface area contributed by atoms with Gasteiger partial charge in [-0.25, -0.2) is 0 Å². The second-order valence-corrected chi connectivity index (χ2v) is 4.18. The van der Waals surface area contributed by atoms with Crippen molar-refractivity contribution >= 4 is 0 Å². The Morgan fingerprint density at radius 1 is 0.895 bits per heavy atom. The van der Waals surface area contributed by atoms with Gasteiger partial charge in [0.1, 0.15) is 0 Å². The van der Waals surface area contributed by atoms with Crippen LogP contribution in [0.15, 0.2) is 18.2 Å². The smallest absolute Gasteiger partial charge is 0.161 e. The van der Waals surface area contributed by atoms with Crippen LogP contribution in [0, 0.1) is 0 Å². The maximum Gasteiger partial charge on any atom is 0.161 e. The van der Waals surface area contributed by atoms with E-state index in [1.807, 2.05) is 19.9 Å². The minimum absolute atomic E-state index is 0.650. The maximum atomic E-state index is 5.61. The summed E-state index contributed by atoms with van der Waals surface area (Å²) in [7, 11) is 0. The zero-order valence-electron chi connectivity index (χ0n) is 12.3. The van der Waals surface area contributed by atoms with Crippen molar-refractivity contribution in [2.24, 2.45) is 0 Å². The molecule has 4 nitrogen and oxygen atoms in total. The van der Waals surface area contributed by atoms with Gasteiger partial charge in [0.2, 0.25) is 0 Å². The molecule has 0 aliphatic carbocycles. The molecule has 1 aromatic rings. The number of benzene rings is 1. The van der Waals surface area contributed by atoms with E-state index in [9.17, 15) is 0 Å². The van der Waals surface area contributed by atoms with Crippen molar-refractivity contribution < 1.29 is 9.47 Å². The van der Waals surface area contributed by atoms with Crippen LogP contribution in [0.2, 0.25) is 0 Å². The van der Waals surface area contributed by atoms with E-state index in [0.717, 1.165) is 37.7 Å². The third kappa shape index (κ3) is 5.94. The molecule has 0 aromatic heterocycles. The number of rotatable bonds is 10. The Bertz CT molecular complexity index is 356. The third-order valence-electron chi connectivity index (χ3n) is 2.67. The fourth-order valence-electron chi connectivity index (χ4n) is 1.79. The second kappa shape index (κ2) is 9.64. The molecule has 108 valence electrons. The Morgan fingerprint density at radius 3 is 2.26 bits per heavy atom. The van der Waals surface area contributed by atoms with E-state index in [1.54, 1.807) is 0 Å². The molecule has 0 aliphatic heterocycles. The van der Waals surface area contributed by atoms with E-state index >= 15 is 0 Å². The molecule has 0 aliphatic rings. The highest BCUT2D eigenvalue weighted by atomic mass is 16.5. The molecule has 0 saturated heterocycles. The molecule has 0 fully saturated rings. The molecule has 0 spiro atoms. The van der Waals surface area contributed by atoms with Crippen LogP contribution in [0.3, 0.4) is 0 Å². The molecular weight excluding hydrogens is 240 g/mol. The third-order valence-corrected chi connectivity index (χ3v) is 2.67. The van der Waals surface area contributed by atoms with Gasteiger partial charge >= 0.3 is 0 Å². The summed E-state index contributed by atoms with van der Waals surface area (Å²) in [4.78, 5) is 0. The zero-order valence-corrected chi connectivity index (χ0v) is 12.3. The molecule has 0 atom stereocenters. The van der Waals surface area contributed by atoms with E-state index in [1.165, 1.54) is 5.56 Å². The van der Waals surface area contributed by atoms with Gasteiger partial charge < -0.3 is 20.1 Å². The Hall–Kier alpha value is -1.26. The summed E-state index contributed by atoms with van der Waals surface area (Å²) in [5.74, 6) is 1.65. The lowest BCUT2D eigenvalue weighted by Gasteiger charge is -2.13. The number of likely N-dealkylation sites (N-methyl/N-ethyl adjacent to an activating group) is 1. The molecule has 0 bridgehead atoms. The first-order valence-electron chi connectivity index (χ1n) is 7.11. The lowest BCUT2D eigenvalue weighted by molar-refractivity contribution is 0.287. The van der Waals surface area contributed by atoms with Gasteiger partial charge in [-0.3, -0.25) is 0 Å². The number of ether oxygens (including phenoxy) is 2. The molecule has 0 heterocycles. The predicted octanol–water partition coefficient (Wildman–Crippen LogP) is 2.18. The van der Waals surface area contributed by atoms with Crippen LogP contribution >= 0.6 is 0 Å². The standard InChI is InChI=1S/C15H26N2O2/c1-4-16-9-10-17-12-13-7-8-14(18-5-2)15(11-13)19-6-3/h7-8,11,16-17H,4-6,9-10,12H2,1-3H3. The molecule has 0 saturated carbocycles. The average molecular weight is 266 g/mol. The molecule has 1 aromatic carbocycles. The predicted molar refractivity (Wildman–Crippen MR) is 79.0 cm³/mol. The highest BCUT2D eigenvalue weighted by molar-refractivity contribution is 5.43. The molecule has 19 heavy (non-hydrogen) atoms. The fourth-order valence-corrected chi connectivity index (χ4v) is 1.79.